The number of anilines is 7. The number of nitrogen functional groups attached to an aromatic ring is 1. The molecule has 406 valence electrons. The highest BCUT2D eigenvalue weighted by atomic mass is 32.1. The monoisotopic (exact) mass is 1110 g/mol. The van der Waals surface area contributed by atoms with Gasteiger partial charge >= 0.3 is 0 Å². The Morgan fingerprint density at radius 1 is 0.500 bits per heavy atom. The van der Waals surface area contributed by atoms with E-state index in [-0.39, 0.29) is 48.6 Å². The Kier molecular flexibility index (Phi) is 19.0. The zero-order valence-electron chi connectivity index (χ0n) is 43.9. The van der Waals surface area contributed by atoms with Crippen molar-refractivity contribution in [3.05, 3.63) is 137 Å². The van der Waals surface area contributed by atoms with Gasteiger partial charge in [-0.2, -0.15) is 15.3 Å². The topological polar surface area (TPSA) is 267 Å². The SMILES string of the molecule is CN(C)[C@@H](C(=O)Cc1nnc(N[C@@H]2CCN(c3cccnn3)C2)s1)c1ccccc1.CN(C)[C@H](C(=O)Cc1nnc(N[C@@H]2CCN(c3cccnn3)C2)s1)c1ccccc1.Nc1nnc(N[C@@H]2CCN(c3cccnn3)C2)s1. The van der Waals surface area contributed by atoms with Crippen LogP contribution in [0.25, 0.3) is 0 Å². The molecular weight excluding hydrogens is 1050 g/mol. The maximum absolute atomic E-state index is 13.0. The predicted molar refractivity (Wildman–Crippen MR) is 306 cm³/mol. The summed E-state index contributed by atoms with van der Waals surface area (Å²) in [5.74, 6) is 2.92. The Balaban J connectivity index is 0.000000147. The summed E-state index contributed by atoms with van der Waals surface area (Å²) in [5, 5.41) is 63.5. The number of carbonyl (C=O) groups is 2. The van der Waals surface area contributed by atoms with Gasteiger partial charge in [-0.25, -0.2) is 0 Å². The van der Waals surface area contributed by atoms with E-state index in [1.165, 1.54) is 34.0 Å². The quantitative estimate of drug-likeness (QED) is 0.0782. The highest BCUT2D eigenvalue weighted by molar-refractivity contribution is 7.18. The van der Waals surface area contributed by atoms with E-state index >= 15 is 0 Å². The van der Waals surface area contributed by atoms with Crippen LogP contribution >= 0.6 is 34.0 Å². The molecule has 3 saturated heterocycles. The first-order valence-electron chi connectivity index (χ1n) is 25.6. The van der Waals surface area contributed by atoms with Gasteiger partial charge in [-0.15, -0.1) is 45.9 Å². The minimum atomic E-state index is -0.290. The molecule has 0 aliphatic carbocycles. The van der Waals surface area contributed by atoms with Crippen molar-refractivity contribution in [2.24, 2.45) is 0 Å². The van der Waals surface area contributed by atoms with Crippen LogP contribution in [-0.4, -0.2) is 168 Å². The lowest BCUT2D eigenvalue weighted by molar-refractivity contribution is -0.123. The van der Waals surface area contributed by atoms with Crippen LogP contribution < -0.4 is 36.4 Å². The average molecular weight is 1110 g/mol. The van der Waals surface area contributed by atoms with Crippen LogP contribution in [0.3, 0.4) is 0 Å². The maximum atomic E-state index is 13.0. The fourth-order valence-electron chi connectivity index (χ4n) is 9.53. The molecule has 8 aromatic rings. The molecule has 0 amide bonds. The standard InChI is InChI=1S/2C21H25N7OS.C10H13N7S/c2*1-27(2)20(15-7-4-3-5-8-15)17(29)13-19-25-26-21(30-19)23-16-10-12-28(14-16)18-9-6-11-22-24-18;11-9-15-16-10(18-9)13-7-3-5-17(6-7)8-2-1-4-12-14-8/h2*3-9,11,16,20H,10,12-14H2,1-2H3,(H,23,26);1-2,4,7H,3,5-6H2,(H2,11,15)(H,13,16)/t16-,20+;16-,20-;7-/m111/s1. The van der Waals surface area contributed by atoms with E-state index in [0.29, 0.717) is 11.2 Å². The highest BCUT2D eigenvalue weighted by Gasteiger charge is 2.29. The molecule has 0 unspecified atom stereocenters. The van der Waals surface area contributed by atoms with Crippen LogP contribution in [0.1, 0.15) is 52.5 Å². The van der Waals surface area contributed by atoms with Gasteiger partial charge < -0.3 is 36.4 Å². The molecule has 0 spiro atoms. The third kappa shape index (κ3) is 15.2. The van der Waals surface area contributed by atoms with E-state index in [1.54, 1.807) is 18.6 Å². The number of carbonyl (C=O) groups excluding carboxylic acids is 2. The number of benzene rings is 2. The smallest absolute Gasteiger partial charge is 0.207 e. The lowest BCUT2D eigenvalue weighted by Gasteiger charge is -2.23. The number of ketones is 2. The second-order valence-corrected chi connectivity index (χ2v) is 22.4. The largest absolute Gasteiger partial charge is 0.374 e. The zero-order chi connectivity index (χ0) is 54.2. The lowest BCUT2D eigenvalue weighted by atomic mass is 10.00. The number of rotatable bonds is 19. The average Bonchev–Trinajstić information content (AvgIpc) is 4.37. The van der Waals surface area contributed by atoms with Gasteiger partial charge in [0.05, 0.1) is 24.9 Å². The van der Waals surface area contributed by atoms with Crippen molar-refractivity contribution in [2.45, 2.75) is 62.3 Å². The van der Waals surface area contributed by atoms with Crippen LogP contribution in [0.15, 0.2) is 116 Å². The van der Waals surface area contributed by atoms with Crippen molar-refractivity contribution in [2.75, 3.05) is 104 Å². The summed E-state index contributed by atoms with van der Waals surface area (Å²) in [4.78, 5) is 36.4. The molecular formula is C52H63N21O2S3. The fraction of sp³-hybridized carbons (Fsp3) is 0.385. The van der Waals surface area contributed by atoms with Crippen LogP contribution in [0.5, 0.6) is 0 Å². The molecule has 5 N–H and O–H groups in total. The lowest BCUT2D eigenvalue weighted by Crippen LogP contribution is -2.28. The Bertz CT molecular complexity index is 2930. The van der Waals surface area contributed by atoms with Crippen LogP contribution in [-0.2, 0) is 22.4 Å². The summed E-state index contributed by atoms with van der Waals surface area (Å²) in [6, 6.07) is 31.6. The minimum absolute atomic E-state index is 0.114. The molecule has 9 heterocycles. The molecule has 5 atom stereocenters. The molecule has 0 bridgehead atoms. The summed E-state index contributed by atoms with van der Waals surface area (Å²) in [6.45, 7) is 5.36. The van der Waals surface area contributed by atoms with E-state index < -0.39 is 0 Å². The highest BCUT2D eigenvalue weighted by Crippen LogP contribution is 2.29. The van der Waals surface area contributed by atoms with E-state index in [0.717, 1.165) is 113 Å². The van der Waals surface area contributed by atoms with Gasteiger partial charge in [-0.1, -0.05) is 94.7 Å². The summed E-state index contributed by atoms with van der Waals surface area (Å²) < 4.78 is 0. The van der Waals surface area contributed by atoms with E-state index in [9.17, 15) is 9.59 Å². The van der Waals surface area contributed by atoms with Crippen molar-refractivity contribution in [3.63, 3.8) is 0 Å². The van der Waals surface area contributed by atoms with Gasteiger partial charge in [0.2, 0.25) is 20.5 Å². The number of nitrogens with zero attached hydrogens (tertiary/aromatic N) is 17. The molecule has 23 nitrogen and oxygen atoms in total. The Morgan fingerprint density at radius 3 is 1.18 bits per heavy atom. The van der Waals surface area contributed by atoms with Gasteiger partial charge in [0.1, 0.15) is 10.0 Å². The first kappa shape index (κ1) is 55.0. The Hall–Kier alpha value is -7.78. The number of nitrogens with two attached hydrogens (primary N) is 1. The molecule has 0 radical (unpaired) electrons. The van der Waals surface area contributed by atoms with Crippen LogP contribution in [0.2, 0.25) is 0 Å². The normalized spacial score (nSPS) is 17.7. The third-order valence-corrected chi connectivity index (χ3v) is 15.5. The second kappa shape index (κ2) is 27.0. The number of likely N-dealkylation sites (N-methyl/N-ethyl adjacent to an activating group) is 2. The molecule has 11 rings (SSSR count). The van der Waals surface area contributed by atoms with Gasteiger partial charge in [0, 0.05) is 76.0 Å². The van der Waals surface area contributed by atoms with E-state index in [2.05, 4.69) is 91.8 Å². The first-order valence-corrected chi connectivity index (χ1v) is 28.1. The van der Waals surface area contributed by atoms with Crippen molar-refractivity contribution in [1.82, 2.24) is 71.0 Å². The van der Waals surface area contributed by atoms with Crippen LogP contribution in [0, 0.1) is 0 Å². The zero-order valence-corrected chi connectivity index (χ0v) is 46.3. The van der Waals surface area contributed by atoms with Gasteiger partial charge in [-0.3, -0.25) is 19.4 Å². The Labute approximate surface area is 464 Å². The summed E-state index contributed by atoms with van der Waals surface area (Å²) in [6.07, 6.45) is 8.59. The molecule has 3 fully saturated rings. The van der Waals surface area contributed by atoms with Gasteiger partial charge in [0.25, 0.3) is 0 Å². The minimum Gasteiger partial charge on any atom is -0.374 e. The van der Waals surface area contributed by atoms with Gasteiger partial charge in [-0.05, 0) is 95.0 Å². The maximum Gasteiger partial charge on any atom is 0.207 e. The van der Waals surface area contributed by atoms with Crippen molar-refractivity contribution in [3.8, 4) is 0 Å². The van der Waals surface area contributed by atoms with Crippen molar-refractivity contribution in [1.29, 1.82) is 0 Å². The number of nitrogens with one attached hydrogen (secondary N) is 3. The van der Waals surface area contributed by atoms with E-state index in [4.69, 9.17) is 5.73 Å². The molecule has 3 aliphatic rings. The van der Waals surface area contributed by atoms with Gasteiger partial charge in [0.15, 0.2) is 29.0 Å². The van der Waals surface area contributed by atoms with Crippen LogP contribution in [0.4, 0.5) is 38.0 Å². The molecule has 3 aliphatic heterocycles. The van der Waals surface area contributed by atoms with Crippen molar-refractivity contribution < 1.29 is 9.59 Å². The molecule has 26 heteroatoms. The predicted octanol–water partition coefficient (Wildman–Crippen LogP) is 5.47. The third-order valence-electron chi connectivity index (χ3n) is 13.1. The molecule has 2 aromatic carbocycles. The second-order valence-electron chi connectivity index (χ2n) is 19.3. The molecule has 0 saturated carbocycles. The fourth-order valence-corrected chi connectivity index (χ4v) is 11.8. The Morgan fingerprint density at radius 2 is 0.859 bits per heavy atom. The number of hydrogen-bond donors (Lipinski definition) is 4. The number of hydrogen-bond acceptors (Lipinski definition) is 26. The number of Topliss-reactive ketones (excluding diaryl/α,β-unsaturated/α-hetero) is 2. The number of aromatic nitrogens is 12. The summed E-state index contributed by atoms with van der Waals surface area (Å²) in [7, 11) is 7.69. The first-order chi connectivity index (χ1) is 38.0. The molecule has 6 aromatic heterocycles. The summed E-state index contributed by atoms with van der Waals surface area (Å²) in [5.41, 5.74) is 7.53. The molecule has 78 heavy (non-hydrogen) atoms. The van der Waals surface area contributed by atoms with E-state index in [1.807, 2.05) is 135 Å². The summed E-state index contributed by atoms with van der Waals surface area (Å²) >= 11 is 4.27. The van der Waals surface area contributed by atoms with Crippen molar-refractivity contribution >= 4 is 83.6 Å².